The van der Waals surface area contributed by atoms with Gasteiger partial charge in [-0.2, -0.15) is 0 Å². The number of hydrogen-bond donors (Lipinski definition) is 0. The average molecular weight is 362 g/mol. The van der Waals surface area contributed by atoms with E-state index < -0.39 is 6.43 Å². The van der Waals surface area contributed by atoms with Gasteiger partial charge in [0.2, 0.25) is 0 Å². The molecule has 0 spiro atoms. The molecule has 0 fully saturated rings. The molecule has 0 N–H and O–H groups in total. The number of nitrogens with zero attached hydrogens (tertiary/aromatic N) is 1. The zero-order valence-corrected chi connectivity index (χ0v) is 9.84. The van der Waals surface area contributed by atoms with Gasteiger partial charge in [-0.3, -0.25) is 4.79 Å². The van der Waals surface area contributed by atoms with Crippen LogP contribution in [0.3, 0.4) is 0 Å². The Hall–Kier alpha value is -0.110. The Morgan fingerprint density at radius 3 is 2.69 bits per heavy atom. The van der Waals surface area contributed by atoms with E-state index in [2.05, 4.69) is 20.9 Å². The lowest BCUT2D eigenvalue weighted by molar-refractivity contribution is 0.112. The van der Waals surface area contributed by atoms with E-state index in [4.69, 9.17) is 0 Å². The normalized spacial score (nSPS) is 10.5. The van der Waals surface area contributed by atoms with Crippen LogP contribution in [0.2, 0.25) is 0 Å². The van der Waals surface area contributed by atoms with Crippen LogP contribution >= 0.6 is 38.5 Å². The summed E-state index contributed by atoms with van der Waals surface area (Å²) in [6.45, 7) is 0. The van der Waals surface area contributed by atoms with Gasteiger partial charge in [0.15, 0.2) is 6.29 Å². The first-order chi connectivity index (χ1) is 6.06. The molecule has 2 nitrogen and oxygen atoms in total. The van der Waals surface area contributed by atoms with Crippen LogP contribution in [0.15, 0.2) is 10.7 Å². The largest absolute Gasteiger partial charge is 0.298 e. The zero-order valence-electron chi connectivity index (χ0n) is 6.10. The maximum absolute atomic E-state index is 12.3. The third kappa shape index (κ3) is 2.43. The molecule has 1 aromatic rings. The van der Waals surface area contributed by atoms with Gasteiger partial charge in [-0.25, -0.2) is 13.8 Å². The number of carbonyl (C=O) groups excluding carboxylic acids is 1. The van der Waals surface area contributed by atoms with Crippen molar-refractivity contribution in [3.05, 3.63) is 25.5 Å². The van der Waals surface area contributed by atoms with Crippen molar-refractivity contribution in [2.24, 2.45) is 0 Å². The minimum atomic E-state index is -2.66. The van der Waals surface area contributed by atoms with Crippen LogP contribution in [0.1, 0.15) is 22.5 Å². The molecule has 0 unspecified atom stereocenters. The predicted molar refractivity (Wildman–Crippen MR) is 55.0 cm³/mol. The molecule has 0 aromatic carbocycles. The van der Waals surface area contributed by atoms with Crippen molar-refractivity contribution < 1.29 is 13.6 Å². The van der Waals surface area contributed by atoms with Gasteiger partial charge >= 0.3 is 0 Å². The van der Waals surface area contributed by atoms with Crippen molar-refractivity contribution in [3.63, 3.8) is 0 Å². The molecule has 1 heterocycles. The van der Waals surface area contributed by atoms with E-state index in [0.717, 1.165) is 0 Å². The zero-order chi connectivity index (χ0) is 10.0. The molecule has 0 aliphatic carbocycles. The van der Waals surface area contributed by atoms with Gasteiger partial charge in [0.05, 0.1) is 3.57 Å². The molecular weight excluding hydrogens is 359 g/mol. The number of pyridine rings is 1. The van der Waals surface area contributed by atoms with Crippen molar-refractivity contribution in [2.45, 2.75) is 6.43 Å². The standard InChI is InChI=1S/C7H3BrF2INO/c8-4-1-3(2-13)5(11)6(12-4)7(9)10/h1-2,7H. The first kappa shape index (κ1) is 11.0. The van der Waals surface area contributed by atoms with Crippen LogP contribution in [0.25, 0.3) is 0 Å². The number of rotatable bonds is 2. The quantitative estimate of drug-likeness (QED) is 0.460. The lowest BCUT2D eigenvalue weighted by Gasteiger charge is -2.04. The first-order valence-corrected chi connectivity index (χ1v) is 5.02. The van der Waals surface area contributed by atoms with Gasteiger partial charge in [0, 0.05) is 5.56 Å². The van der Waals surface area contributed by atoms with Crippen LogP contribution in [0.5, 0.6) is 0 Å². The molecule has 70 valence electrons. The number of aromatic nitrogens is 1. The molecule has 13 heavy (non-hydrogen) atoms. The molecule has 0 aliphatic rings. The summed E-state index contributed by atoms with van der Waals surface area (Å²) < 4.78 is 25.1. The van der Waals surface area contributed by atoms with Crippen LogP contribution in [-0.4, -0.2) is 11.3 Å². The molecule has 0 bridgehead atoms. The molecule has 0 amide bonds. The average Bonchev–Trinajstić information content (AvgIpc) is 2.08. The van der Waals surface area contributed by atoms with E-state index in [1.54, 1.807) is 22.6 Å². The van der Waals surface area contributed by atoms with E-state index in [1.807, 2.05) is 0 Å². The van der Waals surface area contributed by atoms with Gasteiger partial charge in [0.25, 0.3) is 6.43 Å². The Kier molecular flexibility index (Phi) is 3.72. The summed E-state index contributed by atoms with van der Waals surface area (Å²) in [4.78, 5) is 14.0. The number of aldehydes is 1. The summed E-state index contributed by atoms with van der Waals surface area (Å²) in [6, 6.07) is 1.40. The second-order valence-electron chi connectivity index (χ2n) is 2.15. The van der Waals surface area contributed by atoms with Crippen molar-refractivity contribution in [2.75, 3.05) is 0 Å². The monoisotopic (exact) mass is 361 g/mol. The van der Waals surface area contributed by atoms with Gasteiger partial charge in [-0.1, -0.05) is 0 Å². The van der Waals surface area contributed by atoms with E-state index in [9.17, 15) is 13.6 Å². The van der Waals surface area contributed by atoms with Crippen molar-refractivity contribution >= 4 is 44.8 Å². The number of hydrogen-bond acceptors (Lipinski definition) is 2. The highest BCUT2D eigenvalue weighted by atomic mass is 127. The minimum Gasteiger partial charge on any atom is -0.298 e. The Balaban J connectivity index is 3.35. The fourth-order valence-electron chi connectivity index (χ4n) is 0.766. The number of carbonyl (C=O) groups is 1. The van der Waals surface area contributed by atoms with Crippen LogP contribution in [0.4, 0.5) is 8.78 Å². The highest BCUT2D eigenvalue weighted by molar-refractivity contribution is 14.1. The van der Waals surface area contributed by atoms with Crippen molar-refractivity contribution in [1.82, 2.24) is 4.98 Å². The minimum absolute atomic E-state index is 0.200. The third-order valence-corrected chi connectivity index (χ3v) is 2.90. The summed E-state index contributed by atoms with van der Waals surface area (Å²) in [5.74, 6) is 0. The van der Waals surface area contributed by atoms with Gasteiger partial charge in [-0.15, -0.1) is 0 Å². The smallest absolute Gasteiger partial charge is 0.281 e. The molecule has 6 heteroatoms. The van der Waals surface area contributed by atoms with Gasteiger partial charge < -0.3 is 0 Å². The third-order valence-electron chi connectivity index (χ3n) is 1.31. The summed E-state index contributed by atoms with van der Waals surface area (Å²) in [5.41, 5.74) is -0.144. The maximum Gasteiger partial charge on any atom is 0.281 e. The summed E-state index contributed by atoms with van der Waals surface area (Å²) in [7, 11) is 0. The second-order valence-corrected chi connectivity index (χ2v) is 4.04. The van der Waals surface area contributed by atoms with E-state index >= 15 is 0 Å². The molecule has 0 aliphatic heterocycles. The molecule has 0 saturated heterocycles. The molecule has 0 radical (unpaired) electrons. The van der Waals surface area contributed by atoms with Crippen LogP contribution < -0.4 is 0 Å². The molecule has 0 saturated carbocycles. The van der Waals surface area contributed by atoms with Crippen molar-refractivity contribution in [3.8, 4) is 0 Å². The summed E-state index contributed by atoms with van der Waals surface area (Å²) in [5, 5.41) is 0. The van der Waals surface area contributed by atoms with Crippen LogP contribution in [0, 0.1) is 3.57 Å². The summed E-state index contributed by atoms with van der Waals surface area (Å²) >= 11 is 4.63. The fraction of sp³-hybridized carbons (Fsp3) is 0.143. The Bertz CT molecular complexity index is 346. The van der Waals surface area contributed by atoms with E-state index in [1.165, 1.54) is 6.07 Å². The number of halogens is 4. The fourth-order valence-corrected chi connectivity index (χ4v) is 1.84. The molecule has 0 atom stereocenters. The lowest BCUT2D eigenvalue weighted by Crippen LogP contribution is -1.99. The Labute approximate surface area is 95.0 Å². The molecule has 1 aromatic heterocycles. The van der Waals surface area contributed by atoms with E-state index in [0.29, 0.717) is 6.29 Å². The van der Waals surface area contributed by atoms with Gasteiger partial charge in [-0.05, 0) is 44.6 Å². The van der Waals surface area contributed by atoms with E-state index in [-0.39, 0.29) is 19.4 Å². The maximum atomic E-state index is 12.3. The highest BCUT2D eigenvalue weighted by Crippen LogP contribution is 2.26. The predicted octanol–water partition coefficient (Wildman–Crippen LogP) is 3.20. The Morgan fingerprint density at radius 2 is 2.23 bits per heavy atom. The SMILES string of the molecule is O=Cc1cc(Br)nc(C(F)F)c1I. The lowest BCUT2D eigenvalue weighted by atomic mass is 10.2. The van der Waals surface area contributed by atoms with Gasteiger partial charge in [0.1, 0.15) is 10.3 Å². The molecular formula is C7H3BrF2INO. The first-order valence-electron chi connectivity index (χ1n) is 3.15. The van der Waals surface area contributed by atoms with Crippen LogP contribution in [-0.2, 0) is 0 Å². The topological polar surface area (TPSA) is 30.0 Å². The highest BCUT2D eigenvalue weighted by Gasteiger charge is 2.17. The second kappa shape index (κ2) is 4.41. The molecule has 1 rings (SSSR count). The summed E-state index contributed by atoms with van der Waals surface area (Å²) in [6.07, 6.45) is -2.14. The van der Waals surface area contributed by atoms with Crippen molar-refractivity contribution in [1.29, 1.82) is 0 Å². The Morgan fingerprint density at radius 1 is 1.62 bits per heavy atom. The number of alkyl halides is 2.